The minimum Gasteiger partial charge on any atom is -0.399 e. The first-order valence-corrected chi connectivity index (χ1v) is 4.47. The fourth-order valence-corrected chi connectivity index (χ4v) is 0.977. The molecule has 0 unspecified atom stereocenters. The van der Waals surface area contributed by atoms with Gasteiger partial charge in [-0.2, -0.15) is 0 Å². The van der Waals surface area contributed by atoms with Crippen LogP contribution >= 0.6 is 0 Å². The van der Waals surface area contributed by atoms with E-state index in [-0.39, 0.29) is 6.61 Å². The van der Waals surface area contributed by atoms with Crippen LogP contribution in [0.1, 0.15) is 23.6 Å². The minimum atomic E-state index is 0.250. The van der Waals surface area contributed by atoms with Crippen LogP contribution in [0.25, 0.3) is 0 Å². The number of nitrogens with two attached hydrogens (primary N) is 1. The van der Waals surface area contributed by atoms with Gasteiger partial charge in [0.15, 0.2) is 0 Å². The lowest BCUT2D eigenvalue weighted by atomic mass is 10.0. The molecule has 13 heavy (non-hydrogen) atoms. The molecule has 74 valence electrons. The third-order valence-corrected chi connectivity index (χ3v) is 2.10. The van der Waals surface area contributed by atoms with Gasteiger partial charge >= 0.3 is 0 Å². The summed E-state index contributed by atoms with van der Waals surface area (Å²) in [5.41, 5.74) is 10.4. The van der Waals surface area contributed by atoms with Crippen molar-refractivity contribution in [2.75, 3.05) is 12.3 Å². The summed E-state index contributed by atoms with van der Waals surface area (Å²) in [6.07, 6.45) is 0. The van der Waals surface area contributed by atoms with E-state index in [2.05, 4.69) is 26.8 Å². The summed E-state index contributed by atoms with van der Waals surface area (Å²) >= 11 is 0. The molecule has 0 fully saturated rings. The first-order chi connectivity index (χ1) is 6.04. The monoisotopic (exact) mass is 181 g/mol. The molecule has 0 atom stereocenters. The summed E-state index contributed by atoms with van der Waals surface area (Å²) in [6.45, 7) is 8.18. The maximum atomic E-state index is 7.57. The van der Waals surface area contributed by atoms with Crippen LogP contribution in [0.5, 0.6) is 0 Å². The van der Waals surface area contributed by atoms with E-state index in [1.54, 1.807) is 6.92 Å². The number of benzene rings is 1. The summed E-state index contributed by atoms with van der Waals surface area (Å²) in [5, 5.41) is 7.57. The predicted octanol–water partition coefficient (Wildman–Crippen LogP) is 2.19. The van der Waals surface area contributed by atoms with Gasteiger partial charge in [-0.15, -0.1) is 0 Å². The first kappa shape index (κ1) is 12.0. The Morgan fingerprint density at radius 3 is 2.00 bits per heavy atom. The van der Waals surface area contributed by atoms with Gasteiger partial charge in [-0.05, 0) is 50.5 Å². The molecule has 2 nitrogen and oxygen atoms in total. The first-order valence-electron chi connectivity index (χ1n) is 4.47. The van der Waals surface area contributed by atoms with Gasteiger partial charge in [-0.3, -0.25) is 0 Å². The zero-order chi connectivity index (χ0) is 10.4. The Bertz CT molecular complexity index is 242. The van der Waals surface area contributed by atoms with E-state index in [0.29, 0.717) is 0 Å². The second kappa shape index (κ2) is 5.60. The quantitative estimate of drug-likeness (QED) is 0.603. The van der Waals surface area contributed by atoms with E-state index in [1.807, 2.05) is 6.07 Å². The second-order valence-corrected chi connectivity index (χ2v) is 3.04. The van der Waals surface area contributed by atoms with Gasteiger partial charge in [-0.25, -0.2) is 0 Å². The Labute approximate surface area is 80.4 Å². The Hall–Kier alpha value is -1.02. The summed E-state index contributed by atoms with van der Waals surface area (Å²) < 4.78 is 0. The number of nitrogen functional groups attached to an aromatic ring is 1. The highest BCUT2D eigenvalue weighted by Gasteiger charge is 1.98. The topological polar surface area (TPSA) is 46.2 Å². The molecule has 0 saturated heterocycles. The summed E-state index contributed by atoms with van der Waals surface area (Å²) in [5.74, 6) is 0. The highest BCUT2D eigenvalue weighted by molar-refractivity contribution is 5.52. The van der Waals surface area contributed by atoms with Crippen LogP contribution in [0.3, 0.4) is 0 Å². The summed E-state index contributed by atoms with van der Waals surface area (Å²) in [4.78, 5) is 0. The van der Waals surface area contributed by atoms with Crippen LogP contribution in [-0.2, 0) is 0 Å². The van der Waals surface area contributed by atoms with Crippen LogP contribution < -0.4 is 5.73 Å². The standard InChI is InChI=1S/C9H13N.C2H6O/c1-6-4-5-9(10)8(3)7(6)2;1-2-3/h4-5H,10H2,1-3H3;3H,2H2,1H3. The van der Waals surface area contributed by atoms with Gasteiger partial charge < -0.3 is 10.8 Å². The molecule has 0 aliphatic rings. The van der Waals surface area contributed by atoms with E-state index in [4.69, 9.17) is 10.8 Å². The molecule has 0 radical (unpaired) electrons. The van der Waals surface area contributed by atoms with Crippen LogP contribution in [-0.4, -0.2) is 11.7 Å². The zero-order valence-corrected chi connectivity index (χ0v) is 8.89. The summed E-state index contributed by atoms with van der Waals surface area (Å²) in [6, 6.07) is 4.01. The number of aryl methyl sites for hydroxylation is 1. The van der Waals surface area contributed by atoms with Crippen molar-refractivity contribution in [1.82, 2.24) is 0 Å². The van der Waals surface area contributed by atoms with E-state index in [0.717, 1.165) is 5.69 Å². The minimum absolute atomic E-state index is 0.250. The smallest absolute Gasteiger partial charge is 0.0402 e. The molecular formula is C11H19NO. The Morgan fingerprint density at radius 1 is 1.15 bits per heavy atom. The number of aliphatic hydroxyl groups excluding tert-OH is 1. The van der Waals surface area contributed by atoms with Crippen LogP contribution in [0, 0.1) is 20.8 Å². The molecule has 0 spiro atoms. The van der Waals surface area contributed by atoms with Crippen molar-refractivity contribution in [3.63, 3.8) is 0 Å². The van der Waals surface area contributed by atoms with Gasteiger partial charge in [0.1, 0.15) is 0 Å². The zero-order valence-electron chi connectivity index (χ0n) is 8.89. The average Bonchev–Trinajstić information content (AvgIpc) is 2.10. The van der Waals surface area contributed by atoms with Crippen molar-refractivity contribution in [2.24, 2.45) is 0 Å². The van der Waals surface area contributed by atoms with Gasteiger partial charge in [0.25, 0.3) is 0 Å². The lowest BCUT2D eigenvalue weighted by Crippen LogP contribution is -1.93. The van der Waals surface area contributed by atoms with Crippen LogP contribution in [0.15, 0.2) is 12.1 Å². The second-order valence-electron chi connectivity index (χ2n) is 3.04. The number of hydrogen-bond donors (Lipinski definition) is 2. The summed E-state index contributed by atoms with van der Waals surface area (Å²) in [7, 11) is 0. The van der Waals surface area contributed by atoms with Gasteiger partial charge in [0, 0.05) is 12.3 Å². The number of hydrogen-bond acceptors (Lipinski definition) is 2. The van der Waals surface area contributed by atoms with E-state index < -0.39 is 0 Å². The molecule has 3 N–H and O–H groups in total. The molecule has 0 bridgehead atoms. The molecule has 0 aliphatic heterocycles. The van der Waals surface area contributed by atoms with Crippen molar-refractivity contribution in [2.45, 2.75) is 27.7 Å². The highest BCUT2D eigenvalue weighted by Crippen LogP contribution is 2.17. The van der Waals surface area contributed by atoms with Gasteiger partial charge in [0.05, 0.1) is 0 Å². The highest BCUT2D eigenvalue weighted by atomic mass is 16.2. The largest absolute Gasteiger partial charge is 0.399 e. The SMILES string of the molecule is CCO.Cc1ccc(N)c(C)c1C. The Kier molecular flexibility index (Phi) is 5.16. The van der Waals surface area contributed by atoms with Crippen molar-refractivity contribution < 1.29 is 5.11 Å². The Balaban J connectivity index is 0.000000424. The van der Waals surface area contributed by atoms with Gasteiger partial charge in [-0.1, -0.05) is 6.07 Å². The molecule has 0 saturated carbocycles. The molecule has 0 aliphatic carbocycles. The van der Waals surface area contributed by atoms with Crippen molar-refractivity contribution in [3.05, 3.63) is 28.8 Å². The predicted molar refractivity (Wildman–Crippen MR) is 57.8 cm³/mol. The lowest BCUT2D eigenvalue weighted by molar-refractivity contribution is 0.318. The lowest BCUT2D eigenvalue weighted by Gasteiger charge is -2.05. The van der Waals surface area contributed by atoms with Crippen molar-refractivity contribution >= 4 is 5.69 Å². The van der Waals surface area contributed by atoms with Gasteiger partial charge in [0.2, 0.25) is 0 Å². The molecule has 1 aromatic carbocycles. The normalized spacial score (nSPS) is 9.00. The van der Waals surface area contributed by atoms with Crippen molar-refractivity contribution in [1.29, 1.82) is 0 Å². The number of aliphatic hydroxyl groups is 1. The third-order valence-electron chi connectivity index (χ3n) is 2.10. The molecule has 1 aromatic rings. The van der Waals surface area contributed by atoms with E-state index in [1.165, 1.54) is 16.7 Å². The molecule has 0 heterocycles. The molecule has 1 rings (SSSR count). The fourth-order valence-electron chi connectivity index (χ4n) is 0.977. The maximum absolute atomic E-state index is 7.57. The number of rotatable bonds is 0. The average molecular weight is 181 g/mol. The third kappa shape index (κ3) is 3.47. The van der Waals surface area contributed by atoms with Crippen LogP contribution in [0.2, 0.25) is 0 Å². The maximum Gasteiger partial charge on any atom is 0.0402 e. The Morgan fingerprint density at radius 2 is 1.62 bits per heavy atom. The van der Waals surface area contributed by atoms with Crippen LogP contribution in [0.4, 0.5) is 5.69 Å². The number of anilines is 1. The van der Waals surface area contributed by atoms with Crippen molar-refractivity contribution in [3.8, 4) is 0 Å². The molecule has 2 heteroatoms. The van der Waals surface area contributed by atoms with E-state index in [9.17, 15) is 0 Å². The molecular weight excluding hydrogens is 162 g/mol. The molecule has 0 aromatic heterocycles. The molecule has 0 amide bonds. The fraction of sp³-hybridized carbons (Fsp3) is 0.455. The van der Waals surface area contributed by atoms with E-state index >= 15 is 0 Å².